The minimum Gasteiger partial charge on any atom is -0.312 e. The molecule has 0 aliphatic rings. The van der Waals surface area contributed by atoms with E-state index >= 15 is 0 Å². The second-order valence-corrected chi connectivity index (χ2v) is 6.29. The fourth-order valence-corrected chi connectivity index (χ4v) is 1.87. The lowest BCUT2D eigenvalue weighted by atomic mass is 10.1. The van der Waals surface area contributed by atoms with Crippen molar-refractivity contribution in [3.05, 3.63) is 0 Å². The molecule has 0 bridgehead atoms. The highest BCUT2D eigenvalue weighted by molar-refractivity contribution is 4.70. The average Bonchev–Trinajstić information content (AvgIpc) is 2.25. The molecule has 0 aliphatic heterocycles. The normalized spacial score (nSPS) is 14.3. The van der Waals surface area contributed by atoms with Crippen LogP contribution in [0.15, 0.2) is 0 Å². The van der Waals surface area contributed by atoms with Crippen LogP contribution in [0, 0.1) is 5.92 Å². The lowest BCUT2D eigenvalue weighted by Gasteiger charge is -2.24. The van der Waals surface area contributed by atoms with Gasteiger partial charge in [-0.3, -0.25) is 0 Å². The summed E-state index contributed by atoms with van der Waals surface area (Å²) in [6, 6.07) is 0. The number of nitrogens with zero attached hydrogens (tertiary/aromatic N) is 1. The van der Waals surface area contributed by atoms with Crippen molar-refractivity contribution in [1.29, 1.82) is 0 Å². The molecule has 1 unspecified atom stereocenters. The maximum Gasteiger partial charge on any atom is 0.00965 e. The molecule has 104 valence electrons. The second kappa shape index (κ2) is 8.93. The molecular formula is C15H34N2. The van der Waals surface area contributed by atoms with Gasteiger partial charge in [-0.25, -0.2) is 0 Å². The molecular weight excluding hydrogens is 208 g/mol. The predicted molar refractivity (Wildman–Crippen MR) is 78.6 cm³/mol. The molecule has 0 aliphatic carbocycles. The highest BCUT2D eigenvalue weighted by atomic mass is 15.1. The van der Waals surface area contributed by atoms with Crippen molar-refractivity contribution in [2.45, 2.75) is 66.3 Å². The predicted octanol–water partition coefficient (Wildman–Crippen LogP) is 3.52. The first-order valence-corrected chi connectivity index (χ1v) is 7.36. The SMILES string of the molecule is CCC(C)CN(CC)CCCCNC(C)(C)C. The van der Waals surface area contributed by atoms with Gasteiger partial charge in [0.2, 0.25) is 0 Å². The van der Waals surface area contributed by atoms with Gasteiger partial charge in [0.15, 0.2) is 0 Å². The third kappa shape index (κ3) is 10.8. The van der Waals surface area contributed by atoms with Gasteiger partial charge in [0.1, 0.15) is 0 Å². The molecule has 0 saturated carbocycles. The maximum atomic E-state index is 3.55. The number of hydrogen-bond donors (Lipinski definition) is 1. The largest absolute Gasteiger partial charge is 0.312 e. The topological polar surface area (TPSA) is 15.3 Å². The first-order valence-electron chi connectivity index (χ1n) is 7.36. The minimum atomic E-state index is 0.265. The molecule has 0 rings (SSSR count). The summed E-state index contributed by atoms with van der Waals surface area (Å²) in [5.41, 5.74) is 0.265. The van der Waals surface area contributed by atoms with Crippen LogP contribution in [0.5, 0.6) is 0 Å². The van der Waals surface area contributed by atoms with Crippen molar-refractivity contribution < 1.29 is 0 Å². The van der Waals surface area contributed by atoms with Gasteiger partial charge in [-0.2, -0.15) is 0 Å². The van der Waals surface area contributed by atoms with Gasteiger partial charge in [0.05, 0.1) is 0 Å². The molecule has 0 amide bonds. The molecule has 0 fully saturated rings. The standard InChI is InChI=1S/C15H34N2/c1-7-14(3)13-17(8-2)12-10-9-11-16-15(4,5)6/h14,16H,7-13H2,1-6H3. The number of hydrogen-bond acceptors (Lipinski definition) is 2. The molecule has 0 saturated heterocycles. The van der Waals surface area contributed by atoms with E-state index in [1.165, 1.54) is 38.9 Å². The van der Waals surface area contributed by atoms with Gasteiger partial charge in [-0.15, -0.1) is 0 Å². The van der Waals surface area contributed by atoms with Crippen LogP contribution >= 0.6 is 0 Å². The second-order valence-electron chi connectivity index (χ2n) is 6.29. The van der Waals surface area contributed by atoms with E-state index in [9.17, 15) is 0 Å². The first-order chi connectivity index (χ1) is 7.89. The Morgan fingerprint density at radius 3 is 2.24 bits per heavy atom. The van der Waals surface area contributed by atoms with Crippen LogP contribution in [-0.4, -0.2) is 36.6 Å². The Hall–Kier alpha value is -0.0800. The van der Waals surface area contributed by atoms with Crippen LogP contribution in [-0.2, 0) is 0 Å². The van der Waals surface area contributed by atoms with Gasteiger partial charge in [-0.1, -0.05) is 27.2 Å². The van der Waals surface area contributed by atoms with E-state index in [0.29, 0.717) is 0 Å². The van der Waals surface area contributed by atoms with Gasteiger partial charge >= 0.3 is 0 Å². The third-order valence-corrected chi connectivity index (χ3v) is 3.27. The van der Waals surface area contributed by atoms with E-state index in [1.807, 2.05) is 0 Å². The van der Waals surface area contributed by atoms with Crippen molar-refractivity contribution in [2.24, 2.45) is 5.92 Å². The summed E-state index contributed by atoms with van der Waals surface area (Å²) in [4.78, 5) is 2.59. The van der Waals surface area contributed by atoms with Crippen molar-refractivity contribution in [1.82, 2.24) is 10.2 Å². The first kappa shape index (κ1) is 16.9. The van der Waals surface area contributed by atoms with Crippen molar-refractivity contribution >= 4 is 0 Å². The van der Waals surface area contributed by atoms with Crippen LogP contribution in [0.25, 0.3) is 0 Å². The van der Waals surface area contributed by atoms with Gasteiger partial charge < -0.3 is 10.2 Å². The Bertz CT molecular complexity index is 172. The van der Waals surface area contributed by atoms with E-state index in [2.05, 4.69) is 51.8 Å². The van der Waals surface area contributed by atoms with Crippen LogP contribution in [0.3, 0.4) is 0 Å². The summed E-state index contributed by atoms with van der Waals surface area (Å²) < 4.78 is 0. The summed E-state index contributed by atoms with van der Waals surface area (Å²) in [6.45, 7) is 18.5. The molecule has 0 aromatic heterocycles. The molecule has 0 aromatic rings. The van der Waals surface area contributed by atoms with E-state index in [4.69, 9.17) is 0 Å². The van der Waals surface area contributed by atoms with Gasteiger partial charge in [-0.05, 0) is 59.2 Å². The summed E-state index contributed by atoms with van der Waals surface area (Å²) >= 11 is 0. The van der Waals surface area contributed by atoms with Crippen molar-refractivity contribution in [3.8, 4) is 0 Å². The van der Waals surface area contributed by atoms with Crippen LogP contribution in [0.2, 0.25) is 0 Å². The van der Waals surface area contributed by atoms with Crippen LogP contribution in [0.4, 0.5) is 0 Å². The zero-order valence-electron chi connectivity index (χ0n) is 13.0. The highest BCUT2D eigenvalue weighted by Gasteiger charge is 2.09. The highest BCUT2D eigenvalue weighted by Crippen LogP contribution is 2.05. The Balaban J connectivity index is 3.57. The average molecular weight is 242 g/mol. The molecule has 17 heavy (non-hydrogen) atoms. The number of rotatable bonds is 9. The lowest BCUT2D eigenvalue weighted by Crippen LogP contribution is -2.36. The van der Waals surface area contributed by atoms with Gasteiger partial charge in [0.25, 0.3) is 0 Å². The summed E-state index contributed by atoms with van der Waals surface area (Å²) in [6.07, 6.45) is 3.89. The smallest absolute Gasteiger partial charge is 0.00965 e. The molecule has 0 radical (unpaired) electrons. The quantitative estimate of drug-likeness (QED) is 0.622. The molecule has 2 heteroatoms. The van der Waals surface area contributed by atoms with Gasteiger partial charge in [0, 0.05) is 12.1 Å². The molecule has 0 heterocycles. The van der Waals surface area contributed by atoms with Crippen molar-refractivity contribution in [2.75, 3.05) is 26.2 Å². The fourth-order valence-electron chi connectivity index (χ4n) is 1.87. The Morgan fingerprint density at radius 2 is 1.76 bits per heavy atom. The van der Waals surface area contributed by atoms with Crippen LogP contribution in [0.1, 0.15) is 60.8 Å². The molecule has 2 nitrogen and oxygen atoms in total. The zero-order chi connectivity index (χ0) is 13.3. The van der Waals surface area contributed by atoms with E-state index in [-0.39, 0.29) is 5.54 Å². The molecule has 1 atom stereocenters. The Labute approximate surface area is 109 Å². The summed E-state index contributed by atoms with van der Waals surface area (Å²) in [5.74, 6) is 0.836. The van der Waals surface area contributed by atoms with E-state index in [1.54, 1.807) is 0 Å². The van der Waals surface area contributed by atoms with Crippen molar-refractivity contribution in [3.63, 3.8) is 0 Å². The maximum absolute atomic E-state index is 3.55. The summed E-state index contributed by atoms with van der Waals surface area (Å²) in [7, 11) is 0. The molecule has 0 spiro atoms. The van der Waals surface area contributed by atoms with E-state index in [0.717, 1.165) is 12.5 Å². The fraction of sp³-hybridized carbons (Fsp3) is 1.00. The molecule has 1 N–H and O–H groups in total. The zero-order valence-corrected chi connectivity index (χ0v) is 13.0. The monoisotopic (exact) mass is 242 g/mol. The minimum absolute atomic E-state index is 0.265. The lowest BCUT2D eigenvalue weighted by molar-refractivity contribution is 0.240. The summed E-state index contributed by atoms with van der Waals surface area (Å²) in [5, 5.41) is 3.55. The van der Waals surface area contributed by atoms with Crippen LogP contribution < -0.4 is 5.32 Å². The molecule has 0 aromatic carbocycles. The van der Waals surface area contributed by atoms with E-state index < -0.39 is 0 Å². The number of unbranched alkanes of at least 4 members (excludes halogenated alkanes) is 1. The Kier molecular flexibility index (Phi) is 8.89. The third-order valence-electron chi connectivity index (χ3n) is 3.27. The number of nitrogens with one attached hydrogen (secondary N) is 1. The Morgan fingerprint density at radius 1 is 1.12 bits per heavy atom.